The smallest absolute Gasteiger partial charge is 0.273 e. The van der Waals surface area contributed by atoms with Crippen LogP contribution in [0.2, 0.25) is 0 Å². The topological polar surface area (TPSA) is 52.0 Å². The van der Waals surface area contributed by atoms with Crippen molar-refractivity contribution in [2.45, 2.75) is 43.6 Å². The molecule has 0 unspecified atom stereocenters. The van der Waals surface area contributed by atoms with Crippen LogP contribution >= 0.6 is 11.8 Å². The first-order valence-corrected chi connectivity index (χ1v) is 8.26. The van der Waals surface area contributed by atoms with E-state index in [1.54, 1.807) is 6.20 Å². The number of carbonyl (C=O) groups excluding carboxylic acids is 1. The lowest BCUT2D eigenvalue weighted by atomic mass is 10.1. The number of ketones is 1. The third-order valence-corrected chi connectivity index (χ3v) is 4.67. The second kappa shape index (κ2) is 7.40. The van der Waals surface area contributed by atoms with Gasteiger partial charge >= 0.3 is 0 Å². The van der Waals surface area contributed by atoms with Crippen LogP contribution in [-0.4, -0.2) is 20.6 Å². The third-order valence-electron chi connectivity index (χ3n) is 3.33. The van der Waals surface area contributed by atoms with Crippen LogP contribution in [0.5, 0.6) is 0 Å². The van der Waals surface area contributed by atoms with Crippen LogP contribution in [-0.2, 0) is 0 Å². The minimum atomic E-state index is -0.276. The molecule has 0 N–H and O–H groups in total. The van der Waals surface area contributed by atoms with Crippen LogP contribution in [0.25, 0.3) is 0 Å². The number of Topliss-reactive ketones (excluding diaryl/α,β-unsaturated/α-hetero) is 1. The van der Waals surface area contributed by atoms with Crippen LogP contribution in [0, 0.1) is 0 Å². The molecule has 0 aliphatic carbocycles. The van der Waals surface area contributed by atoms with Gasteiger partial charge in [0.15, 0.2) is 10.9 Å². The summed E-state index contributed by atoms with van der Waals surface area (Å²) in [4.78, 5) is 28.2. The zero-order valence-corrected chi connectivity index (χ0v) is 13.8. The molecule has 0 bridgehead atoms. The predicted octanol–water partition coefficient (Wildman–Crippen LogP) is 3.58. The number of thioether (sulfide) groups is 1. The molecule has 1 heterocycles. The van der Waals surface area contributed by atoms with Crippen molar-refractivity contribution in [3.8, 4) is 0 Å². The number of hydrogen-bond acceptors (Lipinski definition) is 4. The van der Waals surface area contributed by atoms with Crippen LogP contribution in [0.4, 0.5) is 0 Å². The fraction of sp³-hybridized carbons (Fsp3) is 0.353. The molecule has 1 aromatic carbocycles. The number of benzene rings is 1. The SMILES string of the molecule is CC[C@H](Sc1nc(=O)ccn1C(C)C)C(=O)c1ccccc1. The molecule has 0 amide bonds. The predicted molar refractivity (Wildman–Crippen MR) is 89.6 cm³/mol. The maximum Gasteiger partial charge on any atom is 0.273 e. The van der Waals surface area contributed by atoms with Crippen molar-refractivity contribution in [2.75, 3.05) is 0 Å². The van der Waals surface area contributed by atoms with E-state index in [1.807, 2.05) is 55.7 Å². The molecule has 0 aliphatic heterocycles. The summed E-state index contributed by atoms with van der Waals surface area (Å²) < 4.78 is 1.92. The molecular formula is C17H20N2O2S. The van der Waals surface area contributed by atoms with E-state index in [0.29, 0.717) is 17.1 Å². The summed E-state index contributed by atoms with van der Waals surface area (Å²) in [7, 11) is 0. The highest BCUT2D eigenvalue weighted by molar-refractivity contribution is 8.00. The summed E-state index contributed by atoms with van der Waals surface area (Å²) in [6.07, 6.45) is 2.42. The Labute approximate surface area is 134 Å². The maximum atomic E-state index is 12.6. The molecule has 1 atom stereocenters. The van der Waals surface area contributed by atoms with Crippen molar-refractivity contribution >= 4 is 17.5 Å². The van der Waals surface area contributed by atoms with Gasteiger partial charge in [-0.25, -0.2) is 0 Å². The lowest BCUT2D eigenvalue weighted by Crippen LogP contribution is -2.21. The van der Waals surface area contributed by atoms with E-state index in [4.69, 9.17) is 0 Å². The Balaban J connectivity index is 2.29. The van der Waals surface area contributed by atoms with E-state index in [9.17, 15) is 9.59 Å². The molecule has 0 aliphatic rings. The Morgan fingerprint density at radius 3 is 2.50 bits per heavy atom. The number of nitrogens with zero attached hydrogens (tertiary/aromatic N) is 2. The standard InChI is InChI=1S/C17H20N2O2S/c1-4-14(16(21)13-8-6-5-7-9-13)22-17-18-15(20)10-11-19(17)12(2)3/h5-12,14H,4H2,1-3H3/t14-/m0/s1. The van der Waals surface area contributed by atoms with Gasteiger partial charge in [0.2, 0.25) is 0 Å². The van der Waals surface area contributed by atoms with Crippen molar-refractivity contribution < 1.29 is 4.79 Å². The van der Waals surface area contributed by atoms with Crippen LogP contribution < -0.4 is 5.56 Å². The van der Waals surface area contributed by atoms with Gasteiger partial charge in [-0.1, -0.05) is 49.0 Å². The van der Waals surface area contributed by atoms with Crippen molar-refractivity contribution in [1.29, 1.82) is 0 Å². The molecule has 2 aromatic rings. The highest BCUT2D eigenvalue weighted by Crippen LogP contribution is 2.27. The first kappa shape index (κ1) is 16.5. The van der Waals surface area contributed by atoms with Gasteiger partial charge < -0.3 is 4.57 Å². The Kier molecular flexibility index (Phi) is 5.55. The summed E-state index contributed by atoms with van der Waals surface area (Å²) in [6.45, 7) is 6.02. The molecular weight excluding hydrogens is 296 g/mol. The van der Waals surface area contributed by atoms with Gasteiger partial charge in [0, 0.05) is 23.9 Å². The van der Waals surface area contributed by atoms with Crippen molar-refractivity contribution in [3.05, 3.63) is 58.5 Å². The Morgan fingerprint density at radius 2 is 1.91 bits per heavy atom. The quantitative estimate of drug-likeness (QED) is 0.464. The molecule has 22 heavy (non-hydrogen) atoms. The first-order chi connectivity index (χ1) is 10.5. The van der Waals surface area contributed by atoms with E-state index in [2.05, 4.69) is 4.98 Å². The molecule has 0 spiro atoms. The molecule has 0 saturated carbocycles. The highest BCUT2D eigenvalue weighted by Gasteiger charge is 2.22. The summed E-state index contributed by atoms with van der Waals surface area (Å²) in [6, 6.07) is 10.9. The molecule has 0 fully saturated rings. The number of aromatic nitrogens is 2. The van der Waals surface area contributed by atoms with E-state index in [1.165, 1.54) is 17.8 Å². The molecule has 4 nitrogen and oxygen atoms in total. The van der Waals surface area contributed by atoms with Crippen molar-refractivity contribution in [3.63, 3.8) is 0 Å². The molecule has 116 valence electrons. The zero-order chi connectivity index (χ0) is 16.1. The largest absolute Gasteiger partial charge is 0.325 e. The monoisotopic (exact) mass is 316 g/mol. The van der Waals surface area contributed by atoms with Gasteiger partial charge in [-0.3, -0.25) is 9.59 Å². The number of hydrogen-bond donors (Lipinski definition) is 0. The third kappa shape index (κ3) is 3.85. The van der Waals surface area contributed by atoms with E-state index in [0.717, 1.165) is 0 Å². The normalized spacial score (nSPS) is 12.4. The van der Waals surface area contributed by atoms with E-state index >= 15 is 0 Å². The van der Waals surface area contributed by atoms with Crippen molar-refractivity contribution in [1.82, 2.24) is 9.55 Å². The summed E-state index contributed by atoms with van der Waals surface area (Å²) in [5.41, 5.74) is 0.414. The molecule has 0 saturated heterocycles. The van der Waals surface area contributed by atoms with Gasteiger partial charge in [-0.2, -0.15) is 4.98 Å². The molecule has 0 radical (unpaired) electrons. The van der Waals surface area contributed by atoms with Crippen molar-refractivity contribution in [2.24, 2.45) is 0 Å². The summed E-state index contributed by atoms with van der Waals surface area (Å²) in [5, 5.41) is 0.348. The fourth-order valence-electron chi connectivity index (χ4n) is 2.12. The van der Waals surface area contributed by atoms with Gasteiger partial charge in [-0.15, -0.1) is 0 Å². The first-order valence-electron chi connectivity index (χ1n) is 7.38. The fourth-order valence-corrected chi connectivity index (χ4v) is 3.32. The molecule has 2 rings (SSSR count). The lowest BCUT2D eigenvalue weighted by molar-refractivity contribution is 0.0988. The Bertz CT molecular complexity index is 695. The van der Waals surface area contributed by atoms with Gasteiger partial charge in [0.1, 0.15) is 0 Å². The van der Waals surface area contributed by atoms with E-state index < -0.39 is 0 Å². The highest BCUT2D eigenvalue weighted by atomic mass is 32.2. The second-order valence-electron chi connectivity index (χ2n) is 5.29. The average molecular weight is 316 g/mol. The summed E-state index contributed by atoms with van der Waals surface area (Å²) in [5.74, 6) is 0.0708. The lowest BCUT2D eigenvalue weighted by Gasteiger charge is -2.18. The van der Waals surface area contributed by atoms with Gasteiger partial charge in [0.05, 0.1) is 5.25 Å². The Morgan fingerprint density at radius 1 is 1.23 bits per heavy atom. The minimum Gasteiger partial charge on any atom is -0.325 e. The van der Waals surface area contributed by atoms with Crippen LogP contribution in [0.3, 0.4) is 0 Å². The Hall–Kier alpha value is -1.88. The maximum absolute atomic E-state index is 12.6. The van der Waals surface area contributed by atoms with Gasteiger partial charge in [-0.05, 0) is 20.3 Å². The molecule has 1 aromatic heterocycles. The number of rotatable bonds is 6. The van der Waals surface area contributed by atoms with Crippen LogP contribution in [0.15, 0.2) is 52.5 Å². The van der Waals surface area contributed by atoms with Crippen LogP contribution in [0.1, 0.15) is 43.6 Å². The minimum absolute atomic E-state index is 0.0708. The summed E-state index contributed by atoms with van der Waals surface area (Å²) >= 11 is 1.36. The number of carbonyl (C=O) groups is 1. The zero-order valence-electron chi connectivity index (χ0n) is 13.0. The van der Waals surface area contributed by atoms with E-state index in [-0.39, 0.29) is 22.6 Å². The average Bonchev–Trinajstić information content (AvgIpc) is 2.52. The van der Waals surface area contributed by atoms with Gasteiger partial charge in [0.25, 0.3) is 5.56 Å². The second-order valence-corrected chi connectivity index (χ2v) is 6.46. The molecule has 5 heteroatoms.